The molecule has 1 aromatic carbocycles. The van der Waals surface area contributed by atoms with E-state index >= 15 is 0 Å². The largest absolute Gasteiger partial charge is 0.0891 e. The molecular weight excluding hydrogens is 248 g/mol. The van der Waals surface area contributed by atoms with Gasteiger partial charge in [0.1, 0.15) is 0 Å². The highest BCUT2D eigenvalue weighted by atomic mass is 79.9. The molecule has 0 nitrogen and oxygen atoms in total. The minimum atomic E-state index is 0.838. The van der Waals surface area contributed by atoms with E-state index < -0.39 is 0 Å². The minimum Gasteiger partial charge on any atom is -0.0891 e. The van der Waals surface area contributed by atoms with Crippen LogP contribution in [0.4, 0.5) is 0 Å². The summed E-state index contributed by atoms with van der Waals surface area (Å²) in [6.45, 7) is 2.08. The molecular formula is C14H21Br. The predicted octanol–water partition coefficient (Wildman–Crippen LogP) is 5.10. The molecule has 0 heterocycles. The highest BCUT2D eigenvalue weighted by Crippen LogP contribution is 2.22. The third-order valence-electron chi connectivity index (χ3n) is 2.73. The number of halogens is 1. The minimum absolute atomic E-state index is 0.838. The van der Waals surface area contributed by atoms with Gasteiger partial charge in [0.25, 0.3) is 0 Å². The molecule has 0 amide bonds. The molecule has 1 aliphatic carbocycles. The number of rotatable bonds is 0. The third kappa shape index (κ3) is 6.72. The highest BCUT2D eigenvalue weighted by molar-refractivity contribution is 9.09. The maximum atomic E-state index is 3.64. The second-order valence-electron chi connectivity index (χ2n) is 4.24. The van der Waals surface area contributed by atoms with Crippen LogP contribution in [0.25, 0.3) is 0 Å². The van der Waals surface area contributed by atoms with Crippen LogP contribution in [-0.4, -0.2) is 4.83 Å². The quantitative estimate of drug-likeness (QED) is 0.454. The summed E-state index contributed by atoms with van der Waals surface area (Å²) >= 11 is 3.64. The van der Waals surface area contributed by atoms with Crippen LogP contribution < -0.4 is 0 Å². The van der Waals surface area contributed by atoms with Crippen molar-refractivity contribution >= 4 is 15.9 Å². The zero-order chi connectivity index (χ0) is 10.9. The van der Waals surface area contributed by atoms with E-state index in [1.165, 1.54) is 44.1 Å². The summed E-state index contributed by atoms with van der Waals surface area (Å²) in [5.74, 6) is 0. The van der Waals surface area contributed by atoms with Gasteiger partial charge in [-0.25, -0.2) is 0 Å². The van der Waals surface area contributed by atoms with Gasteiger partial charge in [-0.2, -0.15) is 0 Å². The standard InChI is InChI=1S/C7H13Br.C7H8/c8-7-5-3-1-2-4-6-7;1-7-5-3-2-4-6-7/h7H,1-6H2;2-6H,1H3. The maximum absolute atomic E-state index is 3.64. The Morgan fingerprint density at radius 1 is 0.933 bits per heavy atom. The highest BCUT2D eigenvalue weighted by Gasteiger charge is 2.06. The van der Waals surface area contributed by atoms with Crippen molar-refractivity contribution in [2.75, 3.05) is 0 Å². The molecule has 1 fully saturated rings. The lowest BCUT2D eigenvalue weighted by Crippen LogP contribution is -1.91. The normalized spacial score (nSPS) is 17.5. The molecule has 2 rings (SSSR count). The number of benzene rings is 1. The van der Waals surface area contributed by atoms with Crippen LogP contribution in [-0.2, 0) is 0 Å². The molecule has 1 aromatic rings. The summed E-state index contributed by atoms with van der Waals surface area (Å²) in [6, 6.07) is 10.3. The number of hydrogen-bond acceptors (Lipinski definition) is 0. The summed E-state index contributed by atoms with van der Waals surface area (Å²) in [5, 5.41) is 0. The van der Waals surface area contributed by atoms with E-state index in [9.17, 15) is 0 Å². The molecule has 0 radical (unpaired) electrons. The van der Waals surface area contributed by atoms with E-state index in [2.05, 4.69) is 35.0 Å². The van der Waals surface area contributed by atoms with Gasteiger partial charge in [0.05, 0.1) is 0 Å². The first-order valence-corrected chi connectivity index (χ1v) is 6.86. The van der Waals surface area contributed by atoms with E-state index in [0.29, 0.717) is 0 Å². The molecule has 0 saturated heterocycles. The van der Waals surface area contributed by atoms with Gasteiger partial charge in [-0.3, -0.25) is 0 Å². The second-order valence-corrected chi connectivity index (χ2v) is 5.54. The van der Waals surface area contributed by atoms with Crippen molar-refractivity contribution in [1.82, 2.24) is 0 Å². The first-order chi connectivity index (χ1) is 7.29. The van der Waals surface area contributed by atoms with Crippen molar-refractivity contribution in [3.05, 3.63) is 35.9 Å². The van der Waals surface area contributed by atoms with Crippen LogP contribution in [0.5, 0.6) is 0 Å². The van der Waals surface area contributed by atoms with E-state index in [0.717, 1.165) is 4.83 Å². The fourth-order valence-corrected chi connectivity index (χ4v) is 2.41. The fourth-order valence-electron chi connectivity index (χ4n) is 1.76. The van der Waals surface area contributed by atoms with Gasteiger partial charge in [0.15, 0.2) is 0 Å². The van der Waals surface area contributed by atoms with E-state index in [-0.39, 0.29) is 0 Å². The molecule has 0 aliphatic heterocycles. The Bertz CT molecular complexity index is 235. The monoisotopic (exact) mass is 268 g/mol. The van der Waals surface area contributed by atoms with Crippen LogP contribution in [0.1, 0.15) is 44.1 Å². The zero-order valence-corrected chi connectivity index (χ0v) is 11.2. The van der Waals surface area contributed by atoms with Crippen LogP contribution >= 0.6 is 15.9 Å². The average molecular weight is 269 g/mol. The Morgan fingerprint density at radius 2 is 1.47 bits per heavy atom. The van der Waals surface area contributed by atoms with Crippen LogP contribution in [0, 0.1) is 6.92 Å². The van der Waals surface area contributed by atoms with Crippen LogP contribution in [0.3, 0.4) is 0 Å². The summed E-state index contributed by atoms with van der Waals surface area (Å²) in [4.78, 5) is 0.838. The lowest BCUT2D eigenvalue weighted by Gasteiger charge is -2.00. The first kappa shape index (κ1) is 12.8. The predicted molar refractivity (Wildman–Crippen MR) is 71.6 cm³/mol. The number of aryl methyl sites for hydroxylation is 1. The van der Waals surface area contributed by atoms with Crippen molar-refractivity contribution in [3.63, 3.8) is 0 Å². The summed E-state index contributed by atoms with van der Waals surface area (Å²) in [7, 11) is 0. The fraction of sp³-hybridized carbons (Fsp3) is 0.571. The van der Waals surface area contributed by atoms with Gasteiger partial charge in [0, 0.05) is 4.83 Å². The maximum Gasteiger partial charge on any atom is 0.0145 e. The van der Waals surface area contributed by atoms with Crippen LogP contribution in [0.2, 0.25) is 0 Å². The molecule has 0 spiro atoms. The van der Waals surface area contributed by atoms with Crippen molar-refractivity contribution in [3.8, 4) is 0 Å². The van der Waals surface area contributed by atoms with Crippen molar-refractivity contribution in [2.24, 2.45) is 0 Å². The zero-order valence-electron chi connectivity index (χ0n) is 9.58. The molecule has 0 N–H and O–H groups in total. The van der Waals surface area contributed by atoms with E-state index in [4.69, 9.17) is 0 Å². The Kier molecular flexibility index (Phi) is 6.74. The van der Waals surface area contributed by atoms with Gasteiger partial charge < -0.3 is 0 Å². The van der Waals surface area contributed by atoms with Gasteiger partial charge in [-0.05, 0) is 19.8 Å². The third-order valence-corrected chi connectivity index (χ3v) is 3.64. The molecule has 1 aliphatic rings. The molecule has 0 aromatic heterocycles. The van der Waals surface area contributed by atoms with Crippen molar-refractivity contribution < 1.29 is 0 Å². The molecule has 1 heteroatoms. The number of hydrogen-bond donors (Lipinski definition) is 0. The first-order valence-electron chi connectivity index (χ1n) is 5.95. The summed E-state index contributed by atoms with van der Waals surface area (Å²) in [6.07, 6.45) is 8.61. The topological polar surface area (TPSA) is 0 Å². The van der Waals surface area contributed by atoms with Gasteiger partial charge in [-0.1, -0.05) is 77.5 Å². The summed E-state index contributed by atoms with van der Waals surface area (Å²) < 4.78 is 0. The Balaban J connectivity index is 0.000000151. The second kappa shape index (κ2) is 7.92. The van der Waals surface area contributed by atoms with Crippen molar-refractivity contribution in [1.29, 1.82) is 0 Å². The molecule has 15 heavy (non-hydrogen) atoms. The average Bonchev–Trinajstić information content (AvgIpc) is 2.48. The smallest absolute Gasteiger partial charge is 0.0145 e. The molecule has 84 valence electrons. The Morgan fingerprint density at radius 3 is 1.87 bits per heavy atom. The van der Waals surface area contributed by atoms with Gasteiger partial charge in [0.2, 0.25) is 0 Å². The van der Waals surface area contributed by atoms with Gasteiger partial charge >= 0.3 is 0 Å². The van der Waals surface area contributed by atoms with Crippen LogP contribution in [0.15, 0.2) is 30.3 Å². The van der Waals surface area contributed by atoms with Gasteiger partial charge in [-0.15, -0.1) is 0 Å². The molecule has 1 saturated carbocycles. The van der Waals surface area contributed by atoms with E-state index in [1.54, 1.807) is 0 Å². The lowest BCUT2D eigenvalue weighted by atomic mass is 10.2. The molecule has 0 atom stereocenters. The Hall–Kier alpha value is -0.300. The summed E-state index contributed by atoms with van der Waals surface area (Å²) in [5.41, 5.74) is 1.32. The Labute approximate surface area is 102 Å². The van der Waals surface area contributed by atoms with E-state index in [1.807, 2.05) is 18.2 Å². The molecule has 0 unspecified atom stereocenters. The number of alkyl halides is 1. The van der Waals surface area contributed by atoms with Crippen molar-refractivity contribution in [2.45, 2.75) is 50.3 Å². The lowest BCUT2D eigenvalue weighted by molar-refractivity contribution is 0.702. The SMILES string of the molecule is BrC1CCCCCC1.Cc1ccccc1. The molecule has 0 bridgehead atoms.